The molecule has 1 N–H and O–H groups in total. The van der Waals surface area contributed by atoms with Crippen molar-refractivity contribution in [2.45, 2.75) is 38.9 Å². The number of hydrogen-bond donors (Lipinski definition) is 2. The van der Waals surface area contributed by atoms with Crippen LogP contribution in [0, 0.1) is 11.3 Å². The molecule has 1 rings (SSSR count). The van der Waals surface area contributed by atoms with Crippen LogP contribution in [0.15, 0.2) is 0 Å². The van der Waals surface area contributed by atoms with Gasteiger partial charge in [0.1, 0.15) is 0 Å². The van der Waals surface area contributed by atoms with Gasteiger partial charge in [-0.1, -0.05) is 20.8 Å². The highest BCUT2D eigenvalue weighted by atomic mass is 32.1. The van der Waals surface area contributed by atoms with Crippen LogP contribution >= 0.6 is 12.6 Å². The summed E-state index contributed by atoms with van der Waals surface area (Å²) in [5, 5.41) is 2.79. The Kier molecular flexibility index (Phi) is 3.28. The van der Waals surface area contributed by atoms with Crippen LogP contribution in [0.5, 0.6) is 0 Å². The second-order valence-corrected chi connectivity index (χ2v) is 5.27. The third-order valence-corrected chi connectivity index (χ3v) is 3.52. The average molecular weight is 201 g/mol. The molecule has 1 atom stereocenters. The van der Waals surface area contributed by atoms with Crippen LogP contribution in [0.4, 0.5) is 0 Å². The number of carbonyl (C=O) groups is 1. The topological polar surface area (TPSA) is 29.1 Å². The minimum absolute atomic E-state index is 0.0754. The van der Waals surface area contributed by atoms with Crippen molar-refractivity contribution in [3.05, 3.63) is 0 Å². The minimum Gasteiger partial charge on any atom is -0.355 e. The normalized spacial score (nSPS) is 21.3. The molecule has 0 spiro atoms. The number of thiol groups is 1. The van der Waals surface area contributed by atoms with Crippen LogP contribution in [0.1, 0.15) is 33.6 Å². The van der Waals surface area contributed by atoms with Gasteiger partial charge in [-0.3, -0.25) is 4.79 Å². The fraction of sp³-hybridized carbons (Fsp3) is 0.900. The summed E-state index contributed by atoms with van der Waals surface area (Å²) in [5.41, 5.74) is 0.389. The molecule has 1 aliphatic carbocycles. The van der Waals surface area contributed by atoms with Gasteiger partial charge in [0, 0.05) is 6.54 Å². The molecule has 0 aromatic carbocycles. The maximum atomic E-state index is 11.5. The van der Waals surface area contributed by atoms with Crippen LogP contribution in [-0.2, 0) is 4.79 Å². The molecule has 0 saturated heterocycles. The molecule has 0 heterocycles. The summed E-state index contributed by atoms with van der Waals surface area (Å²) < 4.78 is 0. The number of carbonyl (C=O) groups excluding carboxylic acids is 1. The van der Waals surface area contributed by atoms with Crippen molar-refractivity contribution in [2.75, 3.05) is 6.54 Å². The maximum absolute atomic E-state index is 11.5. The summed E-state index contributed by atoms with van der Waals surface area (Å²) in [6.45, 7) is 7.04. The molecule has 0 aromatic rings. The predicted octanol–water partition coefficient (Wildman–Crippen LogP) is 1.86. The number of rotatable bonds is 4. The second-order valence-electron chi connectivity index (χ2n) is 4.72. The summed E-state index contributed by atoms with van der Waals surface area (Å²) in [4.78, 5) is 11.5. The largest absolute Gasteiger partial charge is 0.355 e. The van der Waals surface area contributed by atoms with Crippen molar-refractivity contribution in [1.29, 1.82) is 0 Å². The van der Waals surface area contributed by atoms with Crippen LogP contribution in [-0.4, -0.2) is 17.7 Å². The van der Waals surface area contributed by atoms with E-state index in [4.69, 9.17) is 0 Å². The highest BCUT2D eigenvalue weighted by Crippen LogP contribution is 2.44. The van der Waals surface area contributed by atoms with Gasteiger partial charge in [0.05, 0.1) is 5.25 Å². The second kappa shape index (κ2) is 3.91. The first-order valence-corrected chi connectivity index (χ1v) is 5.42. The van der Waals surface area contributed by atoms with Gasteiger partial charge in [-0.2, -0.15) is 12.6 Å². The van der Waals surface area contributed by atoms with Crippen LogP contribution < -0.4 is 5.32 Å². The first-order valence-electron chi connectivity index (χ1n) is 4.90. The Labute approximate surface area is 85.9 Å². The fourth-order valence-electron chi connectivity index (χ4n) is 1.10. The maximum Gasteiger partial charge on any atom is 0.233 e. The number of nitrogens with one attached hydrogen (secondary N) is 1. The van der Waals surface area contributed by atoms with Crippen LogP contribution in [0.3, 0.4) is 0 Å². The van der Waals surface area contributed by atoms with E-state index in [9.17, 15) is 4.79 Å². The van der Waals surface area contributed by atoms with Crippen LogP contribution in [0.25, 0.3) is 0 Å². The zero-order valence-corrected chi connectivity index (χ0v) is 9.53. The molecular formula is C10H19NOS. The molecular weight excluding hydrogens is 182 g/mol. The van der Waals surface area contributed by atoms with Gasteiger partial charge >= 0.3 is 0 Å². The van der Waals surface area contributed by atoms with Crippen LogP contribution in [0.2, 0.25) is 0 Å². The lowest BCUT2D eigenvalue weighted by Gasteiger charge is -2.16. The Hall–Kier alpha value is -0.180. The minimum atomic E-state index is -0.164. The van der Waals surface area contributed by atoms with E-state index in [1.165, 1.54) is 12.8 Å². The summed E-state index contributed by atoms with van der Waals surface area (Å²) in [6, 6.07) is 0. The molecule has 76 valence electrons. The van der Waals surface area contributed by atoms with Gasteiger partial charge in [0.15, 0.2) is 0 Å². The predicted molar refractivity (Wildman–Crippen MR) is 58.0 cm³/mol. The van der Waals surface area contributed by atoms with E-state index in [2.05, 4.69) is 24.9 Å². The smallest absolute Gasteiger partial charge is 0.233 e. The SMILES string of the molecule is CC(C)C(S)C(=O)NCC1(C)CC1. The van der Waals surface area contributed by atoms with E-state index in [1.54, 1.807) is 0 Å². The number of amides is 1. The van der Waals surface area contributed by atoms with Gasteiger partial charge in [-0.05, 0) is 24.2 Å². The average Bonchev–Trinajstić information content (AvgIpc) is 2.79. The summed E-state index contributed by atoms with van der Waals surface area (Å²) in [5.74, 6) is 0.377. The third-order valence-electron chi connectivity index (χ3n) is 2.69. The van der Waals surface area contributed by atoms with Crippen molar-refractivity contribution >= 4 is 18.5 Å². The molecule has 1 unspecified atom stereocenters. The lowest BCUT2D eigenvalue weighted by molar-refractivity contribution is -0.121. The molecule has 1 fully saturated rings. The lowest BCUT2D eigenvalue weighted by Crippen LogP contribution is -2.37. The highest BCUT2D eigenvalue weighted by Gasteiger charge is 2.37. The first kappa shape index (κ1) is 10.9. The zero-order chi connectivity index (χ0) is 10.1. The molecule has 0 radical (unpaired) electrons. The van der Waals surface area contributed by atoms with Gasteiger partial charge in [-0.15, -0.1) is 0 Å². The Bertz CT molecular complexity index is 199. The van der Waals surface area contributed by atoms with Crippen molar-refractivity contribution in [2.24, 2.45) is 11.3 Å². The number of hydrogen-bond acceptors (Lipinski definition) is 2. The van der Waals surface area contributed by atoms with Gasteiger partial charge < -0.3 is 5.32 Å². The van der Waals surface area contributed by atoms with Crippen molar-refractivity contribution in [3.8, 4) is 0 Å². The van der Waals surface area contributed by atoms with Crippen molar-refractivity contribution in [3.63, 3.8) is 0 Å². The van der Waals surface area contributed by atoms with Crippen molar-refractivity contribution < 1.29 is 4.79 Å². The van der Waals surface area contributed by atoms with E-state index < -0.39 is 0 Å². The molecule has 2 nitrogen and oxygen atoms in total. The monoisotopic (exact) mass is 201 g/mol. The molecule has 3 heteroatoms. The quantitative estimate of drug-likeness (QED) is 0.668. The first-order chi connectivity index (χ1) is 5.94. The molecule has 1 amide bonds. The Morgan fingerprint density at radius 3 is 2.46 bits per heavy atom. The van der Waals surface area contributed by atoms with E-state index in [-0.39, 0.29) is 11.2 Å². The molecule has 1 aliphatic rings. The van der Waals surface area contributed by atoms with Crippen molar-refractivity contribution in [1.82, 2.24) is 5.32 Å². The molecule has 1 saturated carbocycles. The summed E-state index contributed by atoms with van der Waals surface area (Å²) in [7, 11) is 0. The van der Waals surface area contributed by atoms with E-state index >= 15 is 0 Å². The molecule has 13 heavy (non-hydrogen) atoms. The lowest BCUT2D eigenvalue weighted by atomic mass is 10.1. The standard InChI is InChI=1S/C10H19NOS/c1-7(2)8(13)9(12)11-6-10(3)4-5-10/h7-8,13H,4-6H2,1-3H3,(H,11,12). The Balaban J connectivity index is 2.24. The van der Waals surface area contributed by atoms with Gasteiger partial charge in [0.2, 0.25) is 5.91 Å². The zero-order valence-electron chi connectivity index (χ0n) is 8.63. The highest BCUT2D eigenvalue weighted by molar-refractivity contribution is 7.81. The molecule has 0 aliphatic heterocycles. The third kappa shape index (κ3) is 3.22. The summed E-state index contributed by atoms with van der Waals surface area (Å²) in [6.07, 6.45) is 2.48. The Morgan fingerprint density at radius 1 is 1.54 bits per heavy atom. The van der Waals surface area contributed by atoms with Gasteiger partial charge in [0.25, 0.3) is 0 Å². The fourth-order valence-corrected chi connectivity index (χ4v) is 1.19. The van der Waals surface area contributed by atoms with E-state index in [1.807, 2.05) is 13.8 Å². The van der Waals surface area contributed by atoms with E-state index in [0.717, 1.165) is 6.54 Å². The van der Waals surface area contributed by atoms with E-state index in [0.29, 0.717) is 11.3 Å². The summed E-state index contributed by atoms with van der Waals surface area (Å²) >= 11 is 4.26. The molecule has 0 bridgehead atoms. The molecule has 0 aromatic heterocycles. The Morgan fingerprint density at radius 2 is 2.08 bits per heavy atom. The van der Waals surface area contributed by atoms with Gasteiger partial charge in [-0.25, -0.2) is 0 Å².